The van der Waals surface area contributed by atoms with Gasteiger partial charge in [0, 0.05) is 12.6 Å². The van der Waals surface area contributed by atoms with E-state index in [1.165, 1.54) is 39.0 Å². The zero-order valence-corrected chi connectivity index (χ0v) is 10.3. The Bertz CT molecular complexity index is 169. The van der Waals surface area contributed by atoms with E-state index in [0.717, 1.165) is 12.3 Å². The zero-order valence-electron chi connectivity index (χ0n) is 10.3. The van der Waals surface area contributed by atoms with Crippen LogP contribution in [0.2, 0.25) is 0 Å². The molecule has 0 unspecified atom stereocenters. The molecule has 0 bridgehead atoms. The van der Waals surface area contributed by atoms with Gasteiger partial charge in [0.05, 0.1) is 0 Å². The third-order valence-corrected chi connectivity index (χ3v) is 3.17. The predicted octanol–water partition coefficient (Wildman–Crippen LogP) is 2.27. The first-order valence-corrected chi connectivity index (χ1v) is 6.29. The molecule has 1 aliphatic heterocycles. The predicted molar refractivity (Wildman–Crippen MR) is 67.1 cm³/mol. The summed E-state index contributed by atoms with van der Waals surface area (Å²) in [5.41, 5.74) is 0. The van der Waals surface area contributed by atoms with Crippen molar-refractivity contribution in [2.24, 2.45) is 5.92 Å². The molecule has 1 saturated heterocycles. The van der Waals surface area contributed by atoms with Crippen molar-refractivity contribution < 1.29 is 0 Å². The molecule has 0 amide bonds. The van der Waals surface area contributed by atoms with Gasteiger partial charge >= 0.3 is 0 Å². The molecule has 2 heteroatoms. The van der Waals surface area contributed by atoms with Gasteiger partial charge in [-0.25, -0.2) is 0 Å². The van der Waals surface area contributed by atoms with E-state index in [9.17, 15) is 0 Å². The van der Waals surface area contributed by atoms with E-state index in [4.69, 9.17) is 0 Å². The molecule has 0 aromatic heterocycles. The largest absolute Gasteiger partial charge is 0.314 e. The Labute approximate surface area is 94.7 Å². The first kappa shape index (κ1) is 12.7. The number of rotatable bonds is 6. The molecule has 1 aliphatic rings. The van der Waals surface area contributed by atoms with Crippen LogP contribution in [-0.2, 0) is 0 Å². The van der Waals surface area contributed by atoms with Crippen LogP contribution < -0.4 is 5.32 Å². The summed E-state index contributed by atoms with van der Waals surface area (Å²) in [6, 6.07) is 0.629. The van der Waals surface area contributed by atoms with Gasteiger partial charge in [-0.05, 0) is 44.8 Å². The maximum atomic E-state index is 3.77. The Morgan fingerprint density at radius 3 is 2.60 bits per heavy atom. The first-order valence-electron chi connectivity index (χ1n) is 6.29. The second kappa shape index (κ2) is 7.02. The molecule has 2 nitrogen and oxygen atoms in total. The summed E-state index contributed by atoms with van der Waals surface area (Å²) in [6.45, 7) is 13.2. The van der Waals surface area contributed by atoms with E-state index in [0.29, 0.717) is 6.04 Å². The van der Waals surface area contributed by atoms with Gasteiger partial charge in [-0.2, -0.15) is 0 Å². The Morgan fingerprint density at radius 1 is 1.40 bits per heavy atom. The van der Waals surface area contributed by atoms with Crippen molar-refractivity contribution in [1.29, 1.82) is 0 Å². The summed E-state index contributed by atoms with van der Waals surface area (Å²) < 4.78 is 0. The Balaban J connectivity index is 2.09. The molecule has 0 aromatic carbocycles. The molecule has 0 atom stereocenters. The zero-order chi connectivity index (χ0) is 11.1. The molecule has 0 aliphatic carbocycles. The average molecular weight is 210 g/mol. The van der Waals surface area contributed by atoms with Crippen molar-refractivity contribution in [1.82, 2.24) is 10.2 Å². The fraction of sp³-hybridized carbons (Fsp3) is 0.846. The fourth-order valence-electron chi connectivity index (χ4n) is 2.09. The van der Waals surface area contributed by atoms with Gasteiger partial charge < -0.3 is 10.2 Å². The third kappa shape index (κ3) is 5.33. The second-order valence-corrected chi connectivity index (χ2v) is 4.93. The maximum absolute atomic E-state index is 3.77. The average Bonchev–Trinajstić information content (AvgIpc) is 2.25. The van der Waals surface area contributed by atoms with Crippen molar-refractivity contribution in [2.45, 2.75) is 39.2 Å². The molecular weight excluding hydrogens is 184 g/mol. The smallest absolute Gasteiger partial charge is 0.00158 e. The Kier molecular flexibility index (Phi) is 5.96. The monoisotopic (exact) mass is 210 g/mol. The molecule has 0 aromatic rings. The molecule has 88 valence electrons. The summed E-state index contributed by atoms with van der Waals surface area (Å²) in [4.78, 5) is 2.56. The highest BCUT2D eigenvalue weighted by Crippen LogP contribution is 2.16. The quantitative estimate of drug-likeness (QED) is 0.677. The molecule has 0 spiro atoms. The maximum Gasteiger partial charge on any atom is 0.00158 e. The normalized spacial score (nSPS) is 19.7. The van der Waals surface area contributed by atoms with E-state index >= 15 is 0 Å². The van der Waals surface area contributed by atoms with Gasteiger partial charge in [-0.1, -0.05) is 19.9 Å². The number of nitrogens with zero attached hydrogens (tertiary/aromatic N) is 1. The first-order chi connectivity index (χ1) is 7.22. The van der Waals surface area contributed by atoms with Crippen molar-refractivity contribution in [3.05, 3.63) is 12.7 Å². The van der Waals surface area contributed by atoms with Gasteiger partial charge in [-0.15, -0.1) is 6.58 Å². The molecule has 15 heavy (non-hydrogen) atoms. The van der Waals surface area contributed by atoms with Crippen molar-refractivity contribution in [3.63, 3.8) is 0 Å². The summed E-state index contributed by atoms with van der Waals surface area (Å²) >= 11 is 0. The Morgan fingerprint density at radius 2 is 2.07 bits per heavy atom. The highest BCUT2D eigenvalue weighted by atomic mass is 15.1. The van der Waals surface area contributed by atoms with Crippen LogP contribution in [0.4, 0.5) is 0 Å². The van der Waals surface area contributed by atoms with Gasteiger partial charge in [0.1, 0.15) is 0 Å². The van der Waals surface area contributed by atoms with Crippen LogP contribution in [-0.4, -0.2) is 37.1 Å². The van der Waals surface area contributed by atoms with Crippen LogP contribution in [0.25, 0.3) is 0 Å². The lowest BCUT2D eigenvalue weighted by molar-refractivity contribution is 0.183. The highest BCUT2D eigenvalue weighted by molar-refractivity contribution is 4.76. The van der Waals surface area contributed by atoms with Crippen LogP contribution in [0.15, 0.2) is 12.7 Å². The minimum Gasteiger partial charge on any atom is -0.314 e. The van der Waals surface area contributed by atoms with E-state index in [-0.39, 0.29) is 0 Å². The lowest BCUT2D eigenvalue weighted by Gasteiger charge is -2.32. The topological polar surface area (TPSA) is 15.3 Å². The van der Waals surface area contributed by atoms with Gasteiger partial charge in [0.25, 0.3) is 0 Å². The summed E-state index contributed by atoms with van der Waals surface area (Å²) in [6.07, 6.45) is 5.87. The van der Waals surface area contributed by atoms with Crippen LogP contribution in [0.1, 0.15) is 33.1 Å². The van der Waals surface area contributed by atoms with Crippen molar-refractivity contribution in [3.8, 4) is 0 Å². The van der Waals surface area contributed by atoms with Gasteiger partial charge in [0.2, 0.25) is 0 Å². The molecule has 1 fully saturated rings. The fourth-order valence-corrected chi connectivity index (χ4v) is 2.09. The summed E-state index contributed by atoms with van der Waals surface area (Å²) in [7, 11) is 0. The van der Waals surface area contributed by atoms with Crippen LogP contribution in [0, 0.1) is 5.92 Å². The Hall–Kier alpha value is -0.340. The standard InChI is InChI=1S/C13H26N2/c1-4-5-8-15-9-6-13(7-10-15)11-14-12(2)3/h4,12-14H,1,5-11H2,2-3H3. The molecule has 1 heterocycles. The van der Waals surface area contributed by atoms with Crippen LogP contribution in [0.3, 0.4) is 0 Å². The van der Waals surface area contributed by atoms with E-state index in [1.54, 1.807) is 0 Å². The van der Waals surface area contributed by atoms with Gasteiger partial charge in [0.15, 0.2) is 0 Å². The summed E-state index contributed by atoms with van der Waals surface area (Å²) in [5, 5.41) is 3.54. The minimum atomic E-state index is 0.629. The van der Waals surface area contributed by atoms with E-state index in [1.807, 2.05) is 6.08 Å². The van der Waals surface area contributed by atoms with E-state index in [2.05, 4.69) is 30.6 Å². The van der Waals surface area contributed by atoms with Gasteiger partial charge in [-0.3, -0.25) is 0 Å². The third-order valence-electron chi connectivity index (χ3n) is 3.17. The summed E-state index contributed by atoms with van der Waals surface area (Å²) in [5.74, 6) is 0.896. The molecular formula is C13H26N2. The van der Waals surface area contributed by atoms with E-state index < -0.39 is 0 Å². The molecule has 1 rings (SSSR count). The van der Waals surface area contributed by atoms with Crippen molar-refractivity contribution in [2.75, 3.05) is 26.2 Å². The van der Waals surface area contributed by atoms with Crippen molar-refractivity contribution >= 4 is 0 Å². The number of hydrogen-bond donors (Lipinski definition) is 1. The minimum absolute atomic E-state index is 0.629. The SMILES string of the molecule is C=CCCN1CCC(CNC(C)C)CC1. The van der Waals surface area contributed by atoms with Crippen LogP contribution in [0.5, 0.6) is 0 Å². The number of likely N-dealkylation sites (tertiary alicyclic amines) is 1. The molecule has 1 N–H and O–H groups in total. The van der Waals surface area contributed by atoms with Crippen LogP contribution >= 0.6 is 0 Å². The number of hydrogen-bond acceptors (Lipinski definition) is 2. The number of nitrogens with one attached hydrogen (secondary N) is 1. The molecule has 0 radical (unpaired) electrons. The highest BCUT2D eigenvalue weighted by Gasteiger charge is 2.18. The number of piperidine rings is 1. The lowest BCUT2D eigenvalue weighted by Crippen LogP contribution is -2.38. The molecule has 0 saturated carbocycles. The lowest BCUT2D eigenvalue weighted by atomic mass is 9.96. The second-order valence-electron chi connectivity index (χ2n) is 4.93.